The van der Waals surface area contributed by atoms with Crippen LogP contribution in [0.1, 0.15) is 75.6 Å². The molecule has 0 aliphatic carbocycles. The minimum Gasteiger partial charge on any atom is -0.505 e. The van der Waals surface area contributed by atoms with Crippen molar-refractivity contribution >= 4 is 88.4 Å². The van der Waals surface area contributed by atoms with Crippen molar-refractivity contribution in [2.45, 2.75) is 66.2 Å². The van der Waals surface area contributed by atoms with Gasteiger partial charge in [-0.1, -0.05) is 211 Å². The van der Waals surface area contributed by atoms with Crippen molar-refractivity contribution < 1.29 is 9.52 Å². The first-order valence-corrected chi connectivity index (χ1v) is 27.7. The summed E-state index contributed by atoms with van der Waals surface area (Å²) in [6.45, 7) is 13.4. The van der Waals surface area contributed by atoms with Crippen LogP contribution in [-0.2, 0) is 12.8 Å². The molecule has 0 atom stereocenters. The number of phenols is 1. The minimum absolute atomic E-state index is 0.224. The van der Waals surface area contributed by atoms with Crippen LogP contribution in [0.2, 0.25) is 0 Å². The van der Waals surface area contributed by atoms with Crippen LogP contribution in [0.4, 0.5) is 34.1 Å². The first kappa shape index (κ1) is 48.5. The van der Waals surface area contributed by atoms with E-state index in [1.165, 1.54) is 44.2 Å². The number of aromatic hydroxyl groups is 1. The lowest BCUT2D eigenvalue weighted by Gasteiger charge is -2.30. The minimum atomic E-state index is 0.224. The van der Waals surface area contributed by atoms with Crippen molar-refractivity contribution in [3.63, 3.8) is 0 Å². The van der Waals surface area contributed by atoms with Crippen LogP contribution in [0.5, 0.6) is 5.75 Å². The molecule has 78 heavy (non-hydrogen) atoms. The quantitative estimate of drug-likeness (QED) is 0.117. The van der Waals surface area contributed by atoms with Crippen LogP contribution in [0, 0.1) is 0 Å². The fraction of sp³-hybridized carbons (Fsp3) is 0.135. The molecule has 13 rings (SSSR count). The molecule has 1 aromatic heterocycles. The highest BCUT2D eigenvalue weighted by Gasteiger charge is 2.27. The molecule has 1 N–H and O–H groups in total. The molecule has 4 nitrogen and oxygen atoms in total. The molecule has 0 saturated heterocycles. The molecule has 0 radical (unpaired) electrons. The molecule has 0 amide bonds. The first-order valence-electron chi connectivity index (χ1n) is 27.7. The number of rotatable bonds is 13. The number of phenolic OH excluding ortho intramolecular Hbond substituents is 1. The molecular weight excluding hydrogens is 949 g/mol. The molecule has 0 fully saturated rings. The number of nitrogens with zero attached hydrogens (tertiary/aromatic N) is 2. The molecule has 0 spiro atoms. The second-order valence-electron chi connectivity index (χ2n) is 21.5. The maximum atomic E-state index is 12.8. The summed E-state index contributed by atoms with van der Waals surface area (Å²) in [5.74, 6) is 0.851. The summed E-state index contributed by atoms with van der Waals surface area (Å²) in [6.07, 6.45) is 1.86. The van der Waals surface area contributed by atoms with Gasteiger partial charge in [-0.3, -0.25) is 0 Å². The summed E-state index contributed by atoms with van der Waals surface area (Å²) in [6, 6.07) is 81.2. The lowest BCUT2D eigenvalue weighted by Crippen LogP contribution is -2.12. The summed E-state index contributed by atoms with van der Waals surface area (Å²) in [5, 5.41) is 21.9. The summed E-state index contributed by atoms with van der Waals surface area (Å²) < 4.78 is 7.26. The van der Waals surface area contributed by atoms with Gasteiger partial charge in [0.15, 0.2) is 5.58 Å². The molecule has 0 aliphatic rings. The Morgan fingerprint density at radius 2 is 0.833 bits per heavy atom. The van der Waals surface area contributed by atoms with Crippen molar-refractivity contribution in [1.29, 1.82) is 0 Å². The fourth-order valence-corrected chi connectivity index (χ4v) is 12.2. The highest BCUT2D eigenvalue weighted by atomic mass is 16.3. The lowest BCUT2D eigenvalue weighted by atomic mass is 9.91. The second-order valence-corrected chi connectivity index (χ2v) is 21.5. The topological polar surface area (TPSA) is 39.9 Å². The zero-order valence-electron chi connectivity index (χ0n) is 45.2. The number of furan rings is 1. The number of anilines is 6. The van der Waals surface area contributed by atoms with Gasteiger partial charge in [0.1, 0.15) is 11.3 Å². The van der Waals surface area contributed by atoms with E-state index in [0.717, 1.165) is 107 Å². The van der Waals surface area contributed by atoms with Gasteiger partial charge in [-0.15, -0.1) is 0 Å². The van der Waals surface area contributed by atoms with E-state index in [0.29, 0.717) is 17.5 Å². The van der Waals surface area contributed by atoms with Crippen molar-refractivity contribution in [1.82, 2.24) is 0 Å². The standard InChI is InChI=1S/C74H62N2O2/c1-7-48-19-9-11-27-58(48)54-23-13-24-55(43-54)60-29-17-33-68(72(60)77)75(56-25-14-21-52(44-56)46(3)4)66-41-37-50-36-40-65-67(42-38-51-35-39-64(66)70(50)71(51)65)76(57-26-15-22-53(45-57)47(5)6)69-34-18-32-63-62-31-16-30-61(73(62)78-74(63)69)59-28-12-10-20-49(59)8-2/h9-47,77H,7-8H2,1-6H3. The van der Waals surface area contributed by atoms with Crippen molar-refractivity contribution in [3.8, 4) is 39.1 Å². The van der Waals surface area contributed by atoms with Gasteiger partial charge >= 0.3 is 0 Å². The summed E-state index contributed by atoms with van der Waals surface area (Å²) in [4.78, 5) is 4.69. The van der Waals surface area contributed by atoms with E-state index < -0.39 is 0 Å². The van der Waals surface area contributed by atoms with Gasteiger partial charge in [0, 0.05) is 44.0 Å². The number of para-hydroxylation sites is 3. The molecule has 0 bridgehead atoms. The van der Waals surface area contributed by atoms with Gasteiger partial charge in [0.05, 0.1) is 22.7 Å². The smallest absolute Gasteiger partial charge is 0.159 e. The third-order valence-corrected chi connectivity index (χ3v) is 16.3. The SMILES string of the molecule is CCc1ccccc1-c1cccc(-c2cccc(N(c3cccc(C(C)C)c3)c3ccc4ccc5c(N(c6cccc(C(C)C)c6)c6cccc7c6oc6c(-c8ccccc8CC)cccc67)ccc6ccc3c4c65)c2O)c1. The average molecular weight is 1010 g/mol. The maximum Gasteiger partial charge on any atom is 0.159 e. The van der Waals surface area contributed by atoms with E-state index in [-0.39, 0.29) is 5.75 Å². The predicted molar refractivity (Wildman–Crippen MR) is 332 cm³/mol. The monoisotopic (exact) mass is 1010 g/mol. The normalized spacial score (nSPS) is 11.8. The Balaban J connectivity index is 1.03. The highest BCUT2D eigenvalue weighted by molar-refractivity contribution is 6.28. The van der Waals surface area contributed by atoms with Crippen LogP contribution in [0.3, 0.4) is 0 Å². The Kier molecular flexibility index (Phi) is 12.3. The van der Waals surface area contributed by atoms with E-state index in [4.69, 9.17) is 4.42 Å². The van der Waals surface area contributed by atoms with Gasteiger partial charge in [-0.25, -0.2) is 0 Å². The molecule has 4 heteroatoms. The predicted octanol–water partition coefficient (Wildman–Crippen LogP) is 21.5. The molecule has 0 saturated carbocycles. The van der Waals surface area contributed by atoms with E-state index in [9.17, 15) is 5.11 Å². The Labute approximate surface area is 457 Å². The number of benzene rings is 12. The van der Waals surface area contributed by atoms with E-state index in [1.807, 2.05) is 6.07 Å². The first-order chi connectivity index (χ1) is 38.2. The molecule has 0 aliphatic heterocycles. The largest absolute Gasteiger partial charge is 0.505 e. The third kappa shape index (κ3) is 8.14. The number of hydrogen-bond acceptors (Lipinski definition) is 4. The van der Waals surface area contributed by atoms with Crippen molar-refractivity contribution in [3.05, 3.63) is 247 Å². The van der Waals surface area contributed by atoms with Crippen LogP contribution in [-0.4, -0.2) is 5.11 Å². The second kappa shape index (κ2) is 19.8. The Hall–Kier alpha value is -9.12. The Bertz CT molecular complexity index is 4410. The van der Waals surface area contributed by atoms with Crippen LogP contribution < -0.4 is 9.80 Å². The fourth-order valence-electron chi connectivity index (χ4n) is 12.2. The zero-order chi connectivity index (χ0) is 53.2. The van der Waals surface area contributed by atoms with Crippen molar-refractivity contribution in [2.24, 2.45) is 0 Å². The number of fused-ring (bicyclic) bond motifs is 3. The molecule has 380 valence electrons. The van der Waals surface area contributed by atoms with Crippen molar-refractivity contribution in [2.75, 3.05) is 9.80 Å². The summed E-state index contributed by atoms with van der Waals surface area (Å²) in [7, 11) is 0. The van der Waals surface area contributed by atoms with Gasteiger partial charge in [-0.2, -0.15) is 0 Å². The lowest BCUT2D eigenvalue weighted by molar-refractivity contribution is 0.478. The van der Waals surface area contributed by atoms with E-state index in [2.05, 4.69) is 270 Å². The zero-order valence-corrected chi connectivity index (χ0v) is 45.2. The molecule has 0 unspecified atom stereocenters. The summed E-state index contributed by atoms with van der Waals surface area (Å²) >= 11 is 0. The number of hydrogen-bond donors (Lipinski definition) is 1. The highest BCUT2D eigenvalue weighted by Crippen LogP contribution is 2.52. The third-order valence-electron chi connectivity index (χ3n) is 16.3. The summed E-state index contributed by atoms with van der Waals surface area (Å²) in [5.41, 5.74) is 19.0. The molecule has 12 aromatic carbocycles. The maximum absolute atomic E-state index is 12.8. The van der Waals surface area contributed by atoms with Crippen LogP contribution in [0.15, 0.2) is 229 Å². The Morgan fingerprint density at radius 3 is 1.45 bits per heavy atom. The van der Waals surface area contributed by atoms with Gasteiger partial charge < -0.3 is 19.3 Å². The Morgan fingerprint density at radius 1 is 0.372 bits per heavy atom. The molecule has 1 heterocycles. The molecule has 13 aromatic rings. The van der Waals surface area contributed by atoms with Gasteiger partial charge in [-0.05, 0) is 145 Å². The van der Waals surface area contributed by atoms with Crippen LogP contribution >= 0.6 is 0 Å². The number of aryl methyl sites for hydroxylation is 2. The van der Waals surface area contributed by atoms with E-state index in [1.54, 1.807) is 0 Å². The average Bonchev–Trinajstić information content (AvgIpc) is 4.04. The molecular formula is C74H62N2O2. The van der Waals surface area contributed by atoms with Gasteiger partial charge in [0.25, 0.3) is 0 Å². The van der Waals surface area contributed by atoms with Gasteiger partial charge in [0.2, 0.25) is 0 Å². The van der Waals surface area contributed by atoms with Crippen LogP contribution in [0.25, 0.3) is 87.6 Å². The van der Waals surface area contributed by atoms with E-state index >= 15 is 0 Å².